The number of anilines is 2. The van der Waals surface area contributed by atoms with Crippen LogP contribution in [-0.4, -0.2) is 31.6 Å². The van der Waals surface area contributed by atoms with E-state index in [2.05, 4.69) is 4.72 Å². The number of carbonyl (C=O) groups is 1. The summed E-state index contributed by atoms with van der Waals surface area (Å²) >= 11 is 0. The van der Waals surface area contributed by atoms with Crippen LogP contribution in [0.15, 0.2) is 47.4 Å². The van der Waals surface area contributed by atoms with Crippen LogP contribution in [-0.2, 0) is 14.8 Å². The summed E-state index contributed by atoms with van der Waals surface area (Å²) in [5.74, 6) is 0.208. The molecule has 0 aliphatic carbocycles. The molecule has 0 saturated carbocycles. The Hall–Kier alpha value is -2.74. The highest BCUT2D eigenvalue weighted by Gasteiger charge is 2.34. The number of amides is 1. The van der Waals surface area contributed by atoms with Crippen LogP contribution in [0.4, 0.5) is 11.4 Å². The van der Waals surface area contributed by atoms with Crippen molar-refractivity contribution in [3.8, 4) is 11.5 Å². The van der Waals surface area contributed by atoms with Gasteiger partial charge in [-0.15, -0.1) is 0 Å². The van der Waals surface area contributed by atoms with Crippen LogP contribution in [0, 0.1) is 0 Å². The summed E-state index contributed by atoms with van der Waals surface area (Å²) in [6.45, 7) is 5.47. The average Bonchev–Trinajstić information content (AvgIpc) is 2.52. The second-order valence-corrected chi connectivity index (χ2v) is 8.43. The number of aromatic hydroxyl groups is 1. The van der Waals surface area contributed by atoms with E-state index in [-0.39, 0.29) is 22.2 Å². The number of hydrogen-bond donors (Lipinski definition) is 2. The molecule has 0 fully saturated rings. The van der Waals surface area contributed by atoms with Crippen LogP contribution in [0.1, 0.15) is 20.8 Å². The smallest absolute Gasteiger partial charge is 0.261 e. The molecule has 26 heavy (non-hydrogen) atoms. The van der Waals surface area contributed by atoms with Gasteiger partial charge in [-0.2, -0.15) is 0 Å². The standard InChI is InChI=1S/C18H20N2O5S/c1-12(21)20-11-18(2,3)25-17-8-7-15(10-16(17)20)26(23,24)19-13-5-4-6-14(22)9-13/h4-10,19,22H,11H2,1-3H3. The molecule has 8 heteroatoms. The number of sulfonamides is 1. The van der Waals surface area contributed by atoms with E-state index in [0.717, 1.165) is 0 Å². The Morgan fingerprint density at radius 1 is 1.23 bits per heavy atom. The third-order valence-electron chi connectivity index (χ3n) is 3.94. The van der Waals surface area contributed by atoms with Gasteiger partial charge in [0.2, 0.25) is 5.91 Å². The molecule has 0 bridgehead atoms. The van der Waals surface area contributed by atoms with Crippen LogP contribution in [0.3, 0.4) is 0 Å². The van der Waals surface area contributed by atoms with E-state index >= 15 is 0 Å². The van der Waals surface area contributed by atoms with Crippen molar-refractivity contribution in [3.05, 3.63) is 42.5 Å². The molecular formula is C18H20N2O5S. The first-order valence-electron chi connectivity index (χ1n) is 8.00. The summed E-state index contributed by atoms with van der Waals surface area (Å²) < 4.78 is 33.6. The minimum atomic E-state index is -3.90. The third kappa shape index (κ3) is 3.60. The van der Waals surface area contributed by atoms with Crippen molar-refractivity contribution in [1.29, 1.82) is 0 Å². The molecule has 0 radical (unpaired) electrons. The van der Waals surface area contributed by atoms with Gasteiger partial charge in [0, 0.05) is 13.0 Å². The molecule has 138 valence electrons. The van der Waals surface area contributed by atoms with Crippen molar-refractivity contribution >= 4 is 27.3 Å². The molecule has 7 nitrogen and oxygen atoms in total. The molecule has 0 unspecified atom stereocenters. The summed E-state index contributed by atoms with van der Waals surface area (Å²) in [6.07, 6.45) is 0. The SMILES string of the molecule is CC(=O)N1CC(C)(C)Oc2ccc(S(=O)(=O)Nc3cccc(O)c3)cc21. The fourth-order valence-corrected chi connectivity index (χ4v) is 3.89. The third-order valence-corrected chi connectivity index (χ3v) is 5.31. The van der Waals surface area contributed by atoms with Gasteiger partial charge in [0.15, 0.2) is 0 Å². The predicted octanol–water partition coefficient (Wildman–Crippen LogP) is 2.72. The number of fused-ring (bicyclic) bond motifs is 1. The number of rotatable bonds is 3. The second kappa shape index (κ2) is 6.21. The van der Waals surface area contributed by atoms with E-state index < -0.39 is 15.6 Å². The van der Waals surface area contributed by atoms with Gasteiger partial charge in [0.05, 0.1) is 22.8 Å². The number of nitrogens with zero attached hydrogens (tertiary/aromatic N) is 1. The topological polar surface area (TPSA) is 95.9 Å². The molecule has 0 aromatic heterocycles. The first kappa shape index (κ1) is 18.1. The number of carbonyl (C=O) groups excluding carboxylic acids is 1. The van der Waals surface area contributed by atoms with Crippen LogP contribution in [0.2, 0.25) is 0 Å². The molecule has 1 aliphatic heterocycles. The molecule has 1 amide bonds. The molecule has 2 N–H and O–H groups in total. The molecule has 0 spiro atoms. The highest BCUT2D eigenvalue weighted by molar-refractivity contribution is 7.92. The number of ether oxygens (including phenoxy) is 1. The van der Waals surface area contributed by atoms with Gasteiger partial charge < -0.3 is 14.7 Å². The number of nitrogens with one attached hydrogen (secondary N) is 1. The zero-order valence-corrected chi connectivity index (χ0v) is 15.5. The van der Waals surface area contributed by atoms with Crippen molar-refractivity contribution < 1.29 is 23.1 Å². The maximum absolute atomic E-state index is 12.7. The summed E-state index contributed by atoms with van der Waals surface area (Å²) in [5, 5.41) is 9.49. The van der Waals surface area contributed by atoms with E-state index in [0.29, 0.717) is 18.0 Å². The summed E-state index contributed by atoms with van der Waals surface area (Å²) in [5.41, 5.74) is 0.0814. The fourth-order valence-electron chi connectivity index (χ4n) is 2.82. The van der Waals surface area contributed by atoms with E-state index in [1.807, 2.05) is 13.8 Å². The van der Waals surface area contributed by atoms with Crippen LogP contribution in [0.5, 0.6) is 11.5 Å². The highest BCUT2D eigenvalue weighted by Crippen LogP contribution is 2.38. The van der Waals surface area contributed by atoms with Gasteiger partial charge in [0.25, 0.3) is 10.0 Å². The Labute approximate surface area is 152 Å². The van der Waals surface area contributed by atoms with E-state index in [1.165, 1.54) is 48.2 Å². The molecule has 1 aliphatic rings. The average molecular weight is 376 g/mol. The molecule has 0 atom stereocenters. The molecule has 2 aromatic carbocycles. The van der Waals surface area contributed by atoms with Gasteiger partial charge in [-0.05, 0) is 44.2 Å². The fraction of sp³-hybridized carbons (Fsp3) is 0.278. The van der Waals surface area contributed by atoms with Gasteiger partial charge >= 0.3 is 0 Å². The second-order valence-electron chi connectivity index (χ2n) is 6.75. The number of benzene rings is 2. The Kier molecular flexibility index (Phi) is 4.31. The number of phenolic OH excluding ortho intramolecular Hbond substituents is 1. The van der Waals surface area contributed by atoms with Gasteiger partial charge in [-0.3, -0.25) is 9.52 Å². The van der Waals surface area contributed by atoms with Gasteiger partial charge in [-0.1, -0.05) is 6.07 Å². The first-order chi connectivity index (χ1) is 12.1. The van der Waals surface area contributed by atoms with E-state index in [9.17, 15) is 18.3 Å². The molecule has 2 aromatic rings. The summed E-state index contributed by atoms with van der Waals surface area (Å²) in [7, 11) is -3.90. The maximum atomic E-state index is 12.7. The lowest BCUT2D eigenvalue weighted by Crippen LogP contribution is -2.48. The lowest BCUT2D eigenvalue weighted by atomic mass is 10.1. The summed E-state index contributed by atoms with van der Waals surface area (Å²) in [4.78, 5) is 13.5. The molecule has 3 rings (SSSR count). The largest absolute Gasteiger partial charge is 0.508 e. The normalized spacial score (nSPS) is 15.7. The van der Waals surface area contributed by atoms with Crippen molar-refractivity contribution in [3.63, 3.8) is 0 Å². The Bertz CT molecular complexity index is 969. The van der Waals surface area contributed by atoms with Crippen molar-refractivity contribution in [2.24, 2.45) is 0 Å². The summed E-state index contributed by atoms with van der Waals surface area (Å²) in [6, 6.07) is 10.2. The monoisotopic (exact) mass is 376 g/mol. The Morgan fingerprint density at radius 3 is 2.62 bits per heavy atom. The van der Waals surface area contributed by atoms with Gasteiger partial charge in [-0.25, -0.2) is 8.42 Å². The zero-order valence-electron chi connectivity index (χ0n) is 14.7. The Balaban J connectivity index is 2.00. The molecule has 1 heterocycles. The zero-order chi connectivity index (χ0) is 19.1. The number of phenols is 1. The van der Waals surface area contributed by atoms with Crippen molar-refractivity contribution in [2.75, 3.05) is 16.2 Å². The lowest BCUT2D eigenvalue weighted by Gasteiger charge is -2.39. The van der Waals surface area contributed by atoms with Crippen LogP contribution >= 0.6 is 0 Å². The minimum absolute atomic E-state index is 0.00542. The van der Waals surface area contributed by atoms with E-state index in [4.69, 9.17) is 4.74 Å². The van der Waals surface area contributed by atoms with E-state index in [1.54, 1.807) is 6.07 Å². The van der Waals surface area contributed by atoms with Crippen LogP contribution < -0.4 is 14.4 Å². The lowest BCUT2D eigenvalue weighted by molar-refractivity contribution is -0.117. The quantitative estimate of drug-likeness (QED) is 0.859. The minimum Gasteiger partial charge on any atom is -0.508 e. The molecular weight excluding hydrogens is 356 g/mol. The van der Waals surface area contributed by atoms with Crippen molar-refractivity contribution in [2.45, 2.75) is 31.3 Å². The van der Waals surface area contributed by atoms with Crippen molar-refractivity contribution in [1.82, 2.24) is 0 Å². The highest BCUT2D eigenvalue weighted by atomic mass is 32.2. The first-order valence-corrected chi connectivity index (χ1v) is 9.49. The number of hydrogen-bond acceptors (Lipinski definition) is 5. The van der Waals surface area contributed by atoms with Crippen LogP contribution in [0.25, 0.3) is 0 Å². The van der Waals surface area contributed by atoms with Gasteiger partial charge in [0.1, 0.15) is 17.1 Å². The predicted molar refractivity (Wildman–Crippen MR) is 98.1 cm³/mol. The maximum Gasteiger partial charge on any atom is 0.261 e. The molecule has 0 saturated heterocycles. The Morgan fingerprint density at radius 2 is 1.96 bits per heavy atom.